The molecule has 3 nitrogen and oxygen atoms in total. The zero-order valence-corrected chi connectivity index (χ0v) is 6.18. The van der Waals surface area contributed by atoms with E-state index in [1.54, 1.807) is 18.4 Å². The predicted molar refractivity (Wildman–Crippen MR) is 37.6 cm³/mol. The number of rotatable bonds is 2. The van der Waals surface area contributed by atoms with Crippen molar-refractivity contribution in [3.05, 3.63) is 24.2 Å². The molecule has 54 valence electrons. The minimum absolute atomic E-state index is 0.231. The molecule has 0 N–H and O–H groups in total. The van der Waals surface area contributed by atoms with Crippen LogP contribution in [0.25, 0.3) is 0 Å². The topological polar surface area (TPSA) is 39.4 Å². The normalized spacial score (nSPS) is 9.30. The third-order valence-corrected chi connectivity index (χ3v) is 1.20. The van der Waals surface area contributed by atoms with Crippen molar-refractivity contribution >= 4 is 18.0 Å². The molecule has 1 aromatic heterocycles. The molecule has 0 spiro atoms. The average molecular weight is 158 g/mol. The highest BCUT2D eigenvalue weighted by Gasteiger charge is 2.08. The summed E-state index contributed by atoms with van der Waals surface area (Å²) < 4.78 is 9.33. The Morgan fingerprint density at radius 1 is 1.80 bits per heavy atom. The SMILES string of the molecule is CSOC(=O)c1ccco1. The summed E-state index contributed by atoms with van der Waals surface area (Å²) in [6, 6.07) is 3.19. The molecular formula is C6H6O3S. The molecule has 0 bridgehead atoms. The van der Waals surface area contributed by atoms with Crippen molar-refractivity contribution < 1.29 is 13.4 Å². The van der Waals surface area contributed by atoms with Crippen molar-refractivity contribution in [2.24, 2.45) is 0 Å². The molecule has 10 heavy (non-hydrogen) atoms. The maximum Gasteiger partial charge on any atom is 0.386 e. The van der Waals surface area contributed by atoms with Crippen LogP contribution in [0.2, 0.25) is 0 Å². The Labute approximate surface area is 62.6 Å². The Hall–Kier alpha value is -0.900. The number of carbonyl (C=O) groups excluding carboxylic acids is 1. The van der Waals surface area contributed by atoms with Gasteiger partial charge in [0.25, 0.3) is 0 Å². The highest BCUT2D eigenvalue weighted by Crippen LogP contribution is 2.06. The standard InChI is InChI=1S/C6H6O3S/c1-10-9-6(7)5-3-2-4-8-5/h2-4H,1H3. The second kappa shape index (κ2) is 3.31. The highest BCUT2D eigenvalue weighted by atomic mass is 32.2. The smallest absolute Gasteiger partial charge is 0.386 e. The van der Waals surface area contributed by atoms with Crippen molar-refractivity contribution in [1.29, 1.82) is 0 Å². The van der Waals surface area contributed by atoms with Crippen LogP contribution < -0.4 is 0 Å². The van der Waals surface area contributed by atoms with E-state index >= 15 is 0 Å². The molecule has 0 unspecified atom stereocenters. The van der Waals surface area contributed by atoms with Crippen LogP contribution in [-0.2, 0) is 4.18 Å². The van der Waals surface area contributed by atoms with Gasteiger partial charge in [0.1, 0.15) is 0 Å². The van der Waals surface area contributed by atoms with Gasteiger partial charge < -0.3 is 8.60 Å². The van der Waals surface area contributed by atoms with Gasteiger partial charge in [0.05, 0.1) is 18.3 Å². The van der Waals surface area contributed by atoms with Gasteiger partial charge in [0.2, 0.25) is 5.76 Å². The molecule has 1 rings (SSSR count). The lowest BCUT2D eigenvalue weighted by atomic mass is 10.5. The quantitative estimate of drug-likeness (QED) is 0.614. The third kappa shape index (κ3) is 1.54. The Kier molecular flexibility index (Phi) is 2.39. The van der Waals surface area contributed by atoms with Gasteiger partial charge in [-0.05, 0) is 12.1 Å². The highest BCUT2D eigenvalue weighted by molar-refractivity contribution is 7.94. The summed E-state index contributed by atoms with van der Waals surface area (Å²) in [6.45, 7) is 0. The van der Waals surface area contributed by atoms with Gasteiger partial charge >= 0.3 is 5.97 Å². The number of hydrogen-bond donors (Lipinski definition) is 0. The van der Waals surface area contributed by atoms with E-state index in [1.165, 1.54) is 6.26 Å². The molecule has 0 aliphatic rings. The van der Waals surface area contributed by atoms with Gasteiger partial charge in [-0.3, -0.25) is 0 Å². The van der Waals surface area contributed by atoms with Gasteiger partial charge in [0, 0.05) is 6.26 Å². The van der Waals surface area contributed by atoms with Gasteiger partial charge in [-0.15, -0.1) is 0 Å². The van der Waals surface area contributed by atoms with Crippen LogP contribution in [0.1, 0.15) is 10.6 Å². The van der Waals surface area contributed by atoms with Crippen LogP contribution >= 0.6 is 12.0 Å². The molecule has 0 fully saturated rings. The lowest BCUT2D eigenvalue weighted by Gasteiger charge is -1.92. The fraction of sp³-hybridized carbons (Fsp3) is 0.167. The van der Waals surface area contributed by atoms with Crippen LogP contribution in [0, 0.1) is 0 Å². The summed E-state index contributed by atoms with van der Waals surface area (Å²) in [5.74, 6) is -0.216. The molecule has 1 aromatic rings. The second-order valence-electron chi connectivity index (χ2n) is 1.51. The molecule has 4 heteroatoms. The first-order valence-electron chi connectivity index (χ1n) is 2.63. The molecule has 1 heterocycles. The Morgan fingerprint density at radius 2 is 2.60 bits per heavy atom. The van der Waals surface area contributed by atoms with E-state index in [9.17, 15) is 4.79 Å². The minimum Gasteiger partial charge on any atom is -0.457 e. The van der Waals surface area contributed by atoms with E-state index in [2.05, 4.69) is 4.18 Å². The van der Waals surface area contributed by atoms with E-state index < -0.39 is 5.97 Å². The van der Waals surface area contributed by atoms with E-state index in [0.717, 1.165) is 12.0 Å². The van der Waals surface area contributed by atoms with Crippen molar-refractivity contribution in [1.82, 2.24) is 0 Å². The van der Waals surface area contributed by atoms with E-state index in [1.807, 2.05) is 0 Å². The Morgan fingerprint density at radius 3 is 3.10 bits per heavy atom. The first kappa shape index (κ1) is 7.21. The summed E-state index contributed by atoms with van der Waals surface area (Å²) in [6.07, 6.45) is 3.10. The Balaban J connectivity index is 2.59. The maximum atomic E-state index is 10.8. The van der Waals surface area contributed by atoms with Gasteiger partial charge in [-0.2, -0.15) is 0 Å². The van der Waals surface area contributed by atoms with Crippen LogP contribution in [0.4, 0.5) is 0 Å². The van der Waals surface area contributed by atoms with Crippen LogP contribution in [0.5, 0.6) is 0 Å². The first-order valence-corrected chi connectivity index (χ1v) is 3.78. The van der Waals surface area contributed by atoms with Crippen LogP contribution in [0.15, 0.2) is 22.8 Å². The van der Waals surface area contributed by atoms with Crippen LogP contribution in [-0.4, -0.2) is 12.2 Å². The fourth-order valence-corrected chi connectivity index (χ4v) is 0.745. The lowest BCUT2D eigenvalue weighted by Crippen LogP contribution is -1.96. The van der Waals surface area contributed by atoms with Crippen molar-refractivity contribution in [2.75, 3.05) is 6.26 Å². The fourth-order valence-electron chi connectivity index (χ4n) is 0.511. The first-order chi connectivity index (χ1) is 4.84. The van der Waals surface area contributed by atoms with E-state index in [4.69, 9.17) is 4.42 Å². The number of furan rings is 1. The van der Waals surface area contributed by atoms with Crippen molar-refractivity contribution in [3.8, 4) is 0 Å². The third-order valence-electron chi connectivity index (χ3n) is 0.881. The molecule has 0 amide bonds. The van der Waals surface area contributed by atoms with Crippen LogP contribution in [0.3, 0.4) is 0 Å². The molecular weight excluding hydrogens is 152 g/mol. The monoisotopic (exact) mass is 158 g/mol. The zero-order valence-electron chi connectivity index (χ0n) is 5.37. The molecule has 0 saturated carbocycles. The largest absolute Gasteiger partial charge is 0.457 e. The predicted octanol–water partition coefficient (Wildman–Crippen LogP) is 1.71. The molecule has 0 saturated heterocycles. The summed E-state index contributed by atoms with van der Waals surface area (Å²) in [5.41, 5.74) is 0. The molecule has 0 aliphatic carbocycles. The Bertz CT molecular complexity index is 205. The summed E-state index contributed by atoms with van der Waals surface area (Å²) >= 11 is 0.998. The zero-order chi connectivity index (χ0) is 7.40. The average Bonchev–Trinajstić information content (AvgIpc) is 2.38. The van der Waals surface area contributed by atoms with E-state index in [0.29, 0.717) is 0 Å². The van der Waals surface area contributed by atoms with Gasteiger partial charge in [0.15, 0.2) is 0 Å². The molecule has 0 aromatic carbocycles. The molecule has 0 aliphatic heterocycles. The number of carbonyl (C=O) groups is 1. The van der Waals surface area contributed by atoms with Gasteiger partial charge in [-0.25, -0.2) is 4.79 Å². The van der Waals surface area contributed by atoms with Gasteiger partial charge in [-0.1, -0.05) is 0 Å². The summed E-state index contributed by atoms with van der Waals surface area (Å²) in [7, 11) is 0. The molecule has 0 radical (unpaired) electrons. The van der Waals surface area contributed by atoms with E-state index in [-0.39, 0.29) is 5.76 Å². The minimum atomic E-state index is -0.447. The molecule has 0 atom stereocenters. The van der Waals surface area contributed by atoms with Crippen molar-refractivity contribution in [3.63, 3.8) is 0 Å². The maximum absolute atomic E-state index is 10.8. The van der Waals surface area contributed by atoms with Crippen molar-refractivity contribution in [2.45, 2.75) is 0 Å². The summed E-state index contributed by atoms with van der Waals surface area (Å²) in [5, 5.41) is 0. The number of hydrogen-bond acceptors (Lipinski definition) is 4. The lowest BCUT2D eigenvalue weighted by molar-refractivity contribution is 0.0736. The summed E-state index contributed by atoms with van der Waals surface area (Å²) in [4.78, 5) is 10.8. The second-order valence-corrected chi connectivity index (χ2v) is 2.01.